The maximum Gasteiger partial charge on any atom is 0.223 e. The molecule has 0 bridgehead atoms. The number of hydrogen-bond acceptors (Lipinski definition) is 4. The van der Waals surface area contributed by atoms with Crippen LogP contribution in [0.25, 0.3) is 0 Å². The summed E-state index contributed by atoms with van der Waals surface area (Å²) in [5, 5.41) is 0. The number of ether oxygens (including phenoxy) is 1. The van der Waals surface area contributed by atoms with Crippen molar-refractivity contribution < 1.29 is 26.6 Å². The fraction of sp³-hybridized carbons (Fsp3) is 0.625. The molecule has 24 heavy (non-hydrogen) atoms. The van der Waals surface area contributed by atoms with E-state index in [4.69, 9.17) is 10.5 Å². The summed E-state index contributed by atoms with van der Waals surface area (Å²) < 4.78 is 5.42. The standard InChI is InChI=1S/C16H25BrN4O.2BrH/c1-13(17)12-21-15-5-3-2-4-14(15)20(16(21)18)7-6-19-8-10-22-11-9-19;;/h2-5,13,16H,6-12,18H2,1H3;2*1H. The second-order valence-corrected chi connectivity index (χ2v) is 7.68. The molecule has 8 heteroatoms. The largest absolute Gasteiger partial charge is 1.00 e. The van der Waals surface area contributed by atoms with Crippen molar-refractivity contribution in [2.24, 2.45) is 5.73 Å². The number of halogens is 3. The molecule has 1 aromatic rings. The molecule has 0 aliphatic carbocycles. The Morgan fingerprint density at radius 2 is 1.96 bits per heavy atom. The predicted molar refractivity (Wildman–Crippen MR) is 103 cm³/mol. The van der Waals surface area contributed by atoms with Crippen molar-refractivity contribution in [1.82, 2.24) is 4.90 Å². The zero-order valence-corrected chi connectivity index (χ0v) is 18.8. The molecule has 0 amide bonds. The number of benzene rings is 1. The Balaban J connectivity index is 0.00000144. The lowest BCUT2D eigenvalue weighted by molar-refractivity contribution is -0.852. The summed E-state index contributed by atoms with van der Waals surface area (Å²) in [5.74, 6) is 0. The van der Waals surface area contributed by atoms with Gasteiger partial charge in [-0.1, -0.05) is 28.1 Å². The van der Waals surface area contributed by atoms with E-state index in [1.165, 1.54) is 16.3 Å². The first-order valence-electron chi connectivity index (χ1n) is 8.08. The maximum absolute atomic E-state index is 6.56. The van der Waals surface area contributed by atoms with Crippen LogP contribution in [0.2, 0.25) is 0 Å². The van der Waals surface area contributed by atoms with E-state index in [-0.39, 0.29) is 40.3 Å². The van der Waals surface area contributed by atoms with Crippen LogP contribution in [-0.4, -0.2) is 62.0 Å². The number of hydrogen-bond donors (Lipinski definition) is 2. The van der Waals surface area contributed by atoms with Crippen LogP contribution < -0.4 is 32.5 Å². The number of nitrogens with one attached hydrogen (secondary N) is 1. The fourth-order valence-electron chi connectivity index (χ4n) is 3.36. The average molecular weight is 531 g/mol. The van der Waals surface area contributed by atoms with Crippen molar-refractivity contribution in [3.63, 3.8) is 0 Å². The van der Waals surface area contributed by atoms with E-state index >= 15 is 0 Å². The van der Waals surface area contributed by atoms with Gasteiger partial charge in [-0.3, -0.25) is 15.5 Å². The van der Waals surface area contributed by atoms with E-state index in [1.807, 2.05) is 0 Å². The van der Waals surface area contributed by atoms with Crippen LogP contribution in [0.5, 0.6) is 0 Å². The lowest BCUT2D eigenvalue weighted by Crippen LogP contribution is -3.14. The van der Waals surface area contributed by atoms with Gasteiger partial charge in [0.1, 0.15) is 5.69 Å². The first-order valence-corrected chi connectivity index (χ1v) is 9.00. The third kappa shape index (κ3) is 5.16. The van der Waals surface area contributed by atoms with Crippen LogP contribution in [0.3, 0.4) is 0 Å². The normalized spacial score (nSPS) is 24.7. The van der Waals surface area contributed by atoms with Gasteiger partial charge in [0.15, 0.2) is 5.69 Å². The van der Waals surface area contributed by atoms with Crippen molar-refractivity contribution >= 4 is 44.3 Å². The van der Waals surface area contributed by atoms with E-state index in [0.29, 0.717) is 4.83 Å². The van der Waals surface area contributed by atoms with Crippen molar-refractivity contribution in [3.8, 4) is 0 Å². The smallest absolute Gasteiger partial charge is 0.223 e. The van der Waals surface area contributed by atoms with E-state index < -0.39 is 0 Å². The summed E-state index contributed by atoms with van der Waals surface area (Å²) in [6, 6.07) is 8.61. The lowest BCUT2D eigenvalue weighted by Gasteiger charge is -2.30. The highest BCUT2D eigenvalue weighted by atomic mass is 79.9. The summed E-state index contributed by atoms with van der Waals surface area (Å²) in [5.41, 5.74) is 9.17. The second kappa shape index (κ2) is 10.4. The van der Waals surface area contributed by atoms with E-state index in [0.717, 1.165) is 45.9 Å². The minimum absolute atomic E-state index is 0. The second-order valence-electron chi connectivity index (χ2n) is 6.12. The number of rotatable bonds is 5. The van der Waals surface area contributed by atoms with Gasteiger partial charge in [0.2, 0.25) is 6.29 Å². The molecule has 0 aromatic heterocycles. The van der Waals surface area contributed by atoms with E-state index in [2.05, 4.69) is 56.9 Å². The predicted octanol–water partition coefficient (Wildman–Crippen LogP) is -2.04. The molecule has 0 radical (unpaired) electrons. The van der Waals surface area contributed by atoms with Crippen LogP contribution in [-0.2, 0) is 4.74 Å². The third-order valence-corrected chi connectivity index (χ3v) is 4.84. The molecule has 138 valence electrons. The maximum atomic E-state index is 6.56. The molecule has 0 spiro atoms. The van der Waals surface area contributed by atoms with Gasteiger partial charge in [0, 0.05) is 32.2 Å². The van der Waals surface area contributed by atoms with E-state index in [1.54, 1.807) is 0 Å². The highest BCUT2D eigenvalue weighted by Crippen LogP contribution is 2.27. The SMILES string of the molecule is Br.CC(Br)C[NH+]1c2ccccc2N(CCN2CCOCC2)C1N.[Br-]. The molecule has 2 aliphatic heterocycles. The van der Waals surface area contributed by atoms with E-state index in [9.17, 15) is 0 Å². The Morgan fingerprint density at radius 1 is 1.29 bits per heavy atom. The number of anilines is 1. The topological polar surface area (TPSA) is 46.2 Å². The monoisotopic (exact) mass is 528 g/mol. The molecule has 3 N–H and O–H groups in total. The third-order valence-electron chi connectivity index (χ3n) is 4.51. The summed E-state index contributed by atoms with van der Waals surface area (Å²) in [6.07, 6.45) is -0.00144. The molecule has 2 heterocycles. The summed E-state index contributed by atoms with van der Waals surface area (Å²) in [4.78, 5) is 6.61. The Labute approximate surface area is 174 Å². The first-order chi connectivity index (χ1) is 10.7. The molecule has 1 fully saturated rings. The van der Waals surface area contributed by atoms with Gasteiger partial charge in [-0.25, -0.2) is 0 Å². The highest BCUT2D eigenvalue weighted by Gasteiger charge is 2.38. The molecule has 0 saturated carbocycles. The fourth-order valence-corrected chi connectivity index (χ4v) is 3.71. The minimum Gasteiger partial charge on any atom is -1.00 e. The van der Waals surface area contributed by atoms with Gasteiger partial charge < -0.3 is 26.6 Å². The Kier molecular flexibility index (Phi) is 9.73. The quantitative estimate of drug-likeness (QED) is 0.431. The molecule has 1 aromatic carbocycles. The summed E-state index contributed by atoms with van der Waals surface area (Å²) in [7, 11) is 0. The van der Waals surface area contributed by atoms with Crippen LogP contribution in [0.4, 0.5) is 11.4 Å². The average Bonchev–Trinajstić information content (AvgIpc) is 2.78. The molecule has 3 rings (SSSR count). The van der Waals surface area contributed by atoms with Crippen molar-refractivity contribution in [2.45, 2.75) is 18.0 Å². The first kappa shape index (κ1) is 22.3. The number of fused-ring (bicyclic) bond motifs is 1. The summed E-state index contributed by atoms with van der Waals surface area (Å²) >= 11 is 3.67. The van der Waals surface area contributed by atoms with Gasteiger partial charge in [-0.05, 0) is 13.0 Å². The molecular weight excluding hydrogens is 504 g/mol. The van der Waals surface area contributed by atoms with Crippen LogP contribution in [0, 0.1) is 0 Å². The van der Waals surface area contributed by atoms with Gasteiger partial charge >= 0.3 is 0 Å². The van der Waals surface area contributed by atoms with Crippen LogP contribution >= 0.6 is 32.9 Å². The Morgan fingerprint density at radius 3 is 2.62 bits per heavy atom. The number of alkyl halides is 1. The zero-order chi connectivity index (χ0) is 15.5. The highest BCUT2D eigenvalue weighted by molar-refractivity contribution is 9.09. The Hall–Kier alpha value is 0.300. The molecule has 3 atom stereocenters. The zero-order valence-electron chi connectivity index (χ0n) is 14.0. The lowest BCUT2D eigenvalue weighted by atomic mass is 10.2. The van der Waals surface area contributed by atoms with Gasteiger partial charge in [-0.15, -0.1) is 17.0 Å². The Bertz CT molecular complexity index is 500. The molecular formula is C16H27Br3N4O. The number of morpholine rings is 1. The van der Waals surface area contributed by atoms with Crippen LogP contribution in [0.1, 0.15) is 6.92 Å². The molecule has 2 aliphatic rings. The number of nitrogens with two attached hydrogens (primary N) is 1. The minimum atomic E-state index is -0.00144. The summed E-state index contributed by atoms with van der Waals surface area (Å²) in [6.45, 7) is 8.94. The molecule has 1 saturated heterocycles. The van der Waals surface area contributed by atoms with Crippen LogP contribution in [0.15, 0.2) is 24.3 Å². The molecule has 5 nitrogen and oxygen atoms in total. The number of quaternary nitrogens is 1. The number of para-hydroxylation sites is 2. The number of nitrogens with zero attached hydrogens (tertiary/aromatic N) is 2. The van der Waals surface area contributed by atoms with Crippen molar-refractivity contribution in [3.05, 3.63) is 24.3 Å². The van der Waals surface area contributed by atoms with Gasteiger partial charge in [0.05, 0.1) is 24.6 Å². The van der Waals surface area contributed by atoms with Crippen molar-refractivity contribution in [1.29, 1.82) is 0 Å². The van der Waals surface area contributed by atoms with Gasteiger partial charge in [0.25, 0.3) is 0 Å². The van der Waals surface area contributed by atoms with Crippen molar-refractivity contribution in [2.75, 3.05) is 50.8 Å². The molecule has 3 unspecified atom stereocenters. The van der Waals surface area contributed by atoms with Gasteiger partial charge in [-0.2, -0.15) is 0 Å².